The molecule has 0 aliphatic rings. The van der Waals surface area contributed by atoms with Crippen molar-refractivity contribution in [1.29, 1.82) is 0 Å². The van der Waals surface area contributed by atoms with E-state index in [-0.39, 0.29) is 11.4 Å². The van der Waals surface area contributed by atoms with Crippen LogP contribution in [0.3, 0.4) is 0 Å². The fraction of sp³-hybridized carbons (Fsp3) is 0.818. The van der Waals surface area contributed by atoms with Gasteiger partial charge in [-0.25, -0.2) is 0 Å². The molecule has 94 valence electrons. The first-order valence-corrected chi connectivity index (χ1v) is 6.08. The molecule has 0 atom stereocenters. The van der Waals surface area contributed by atoms with Crippen molar-refractivity contribution in [2.75, 3.05) is 13.1 Å². The Morgan fingerprint density at radius 1 is 1.19 bits per heavy atom. The lowest BCUT2D eigenvalue weighted by Gasteiger charge is -2.20. The maximum Gasteiger partial charge on any atom is 0.222 e. The van der Waals surface area contributed by atoms with Crippen LogP contribution in [0.1, 0.15) is 40.5 Å². The van der Waals surface area contributed by atoms with Gasteiger partial charge in [-0.05, 0) is 39.4 Å². The molecule has 0 spiro atoms. The van der Waals surface area contributed by atoms with Gasteiger partial charge >= 0.3 is 0 Å². The second kappa shape index (κ2) is 7.44. The molecule has 0 rings (SSSR count). The number of thiocarbonyl (C=S) groups is 1. The van der Waals surface area contributed by atoms with Gasteiger partial charge in [-0.1, -0.05) is 6.92 Å². The normalized spacial score (nSPS) is 10.8. The Hall–Kier alpha value is -0.840. The minimum atomic E-state index is -0.169. The molecule has 0 radical (unpaired) electrons. The number of amides is 1. The highest BCUT2D eigenvalue weighted by Gasteiger charge is 2.12. The summed E-state index contributed by atoms with van der Waals surface area (Å²) in [7, 11) is 0. The van der Waals surface area contributed by atoms with E-state index in [2.05, 4.69) is 22.9 Å². The molecule has 3 N–H and O–H groups in total. The molecule has 0 aliphatic heterocycles. The zero-order chi connectivity index (χ0) is 12.6. The van der Waals surface area contributed by atoms with Gasteiger partial charge in [-0.15, -0.1) is 0 Å². The number of nitrogens with one attached hydrogen (secondary N) is 3. The molecule has 0 aromatic carbocycles. The lowest BCUT2D eigenvalue weighted by molar-refractivity contribution is -0.122. The lowest BCUT2D eigenvalue weighted by Crippen LogP contribution is -2.43. The van der Waals surface area contributed by atoms with Crippen LogP contribution in [0.15, 0.2) is 0 Å². The summed E-state index contributed by atoms with van der Waals surface area (Å²) < 4.78 is 0. The molecular weight excluding hydrogens is 222 g/mol. The van der Waals surface area contributed by atoms with E-state index >= 15 is 0 Å². The molecule has 5 heteroatoms. The number of hydrogen-bond acceptors (Lipinski definition) is 2. The summed E-state index contributed by atoms with van der Waals surface area (Å²) in [6, 6.07) is 0. The first-order valence-electron chi connectivity index (χ1n) is 5.68. The maximum atomic E-state index is 11.4. The van der Waals surface area contributed by atoms with Crippen molar-refractivity contribution < 1.29 is 4.79 Å². The van der Waals surface area contributed by atoms with E-state index in [9.17, 15) is 4.79 Å². The van der Waals surface area contributed by atoms with Gasteiger partial charge < -0.3 is 16.0 Å². The lowest BCUT2D eigenvalue weighted by atomic mass is 10.1. The Morgan fingerprint density at radius 3 is 2.25 bits per heavy atom. The van der Waals surface area contributed by atoms with Gasteiger partial charge in [0.1, 0.15) is 0 Å². The third-order valence-corrected chi connectivity index (χ3v) is 1.98. The van der Waals surface area contributed by atoms with E-state index in [1.807, 2.05) is 20.8 Å². The van der Waals surface area contributed by atoms with E-state index in [4.69, 9.17) is 12.2 Å². The highest BCUT2D eigenvalue weighted by molar-refractivity contribution is 7.80. The van der Waals surface area contributed by atoms with E-state index < -0.39 is 0 Å². The smallest absolute Gasteiger partial charge is 0.222 e. The van der Waals surface area contributed by atoms with E-state index in [0.717, 1.165) is 13.0 Å². The van der Waals surface area contributed by atoms with Crippen molar-refractivity contribution in [3.05, 3.63) is 0 Å². The fourth-order valence-corrected chi connectivity index (χ4v) is 1.28. The van der Waals surface area contributed by atoms with Gasteiger partial charge in [0, 0.05) is 25.0 Å². The van der Waals surface area contributed by atoms with Crippen LogP contribution in [0.2, 0.25) is 0 Å². The van der Waals surface area contributed by atoms with Gasteiger partial charge in [0.2, 0.25) is 5.91 Å². The van der Waals surface area contributed by atoms with Crippen molar-refractivity contribution >= 4 is 23.2 Å². The summed E-state index contributed by atoms with van der Waals surface area (Å²) in [6.45, 7) is 9.40. The Bertz CT molecular complexity index is 236. The van der Waals surface area contributed by atoms with E-state index in [0.29, 0.717) is 18.1 Å². The molecule has 0 fully saturated rings. The Kier molecular flexibility index (Phi) is 7.05. The monoisotopic (exact) mass is 245 g/mol. The zero-order valence-corrected chi connectivity index (χ0v) is 11.5. The third kappa shape index (κ3) is 9.71. The van der Waals surface area contributed by atoms with Gasteiger partial charge in [-0.2, -0.15) is 0 Å². The van der Waals surface area contributed by atoms with Crippen LogP contribution in [-0.2, 0) is 4.79 Å². The van der Waals surface area contributed by atoms with E-state index in [1.54, 1.807) is 0 Å². The van der Waals surface area contributed by atoms with Crippen molar-refractivity contribution in [2.24, 2.45) is 0 Å². The van der Waals surface area contributed by atoms with Crippen LogP contribution in [-0.4, -0.2) is 29.6 Å². The van der Waals surface area contributed by atoms with Gasteiger partial charge in [0.05, 0.1) is 0 Å². The summed E-state index contributed by atoms with van der Waals surface area (Å²) in [6.07, 6.45) is 1.47. The Morgan fingerprint density at radius 2 is 1.75 bits per heavy atom. The fourth-order valence-electron chi connectivity index (χ4n) is 1.07. The summed E-state index contributed by atoms with van der Waals surface area (Å²) in [5.74, 6) is 0.0401. The van der Waals surface area contributed by atoms with Crippen LogP contribution >= 0.6 is 12.2 Å². The molecule has 0 aromatic rings. The average Bonchev–Trinajstić information content (AvgIpc) is 2.11. The van der Waals surface area contributed by atoms with Crippen molar-refractivity contribution in [2.45, 2.75) is 46.1 Å². The Balaban J connectivity index is 3.58. The maximum absolute atomic E-state index is 11.4. The third-order valence-electron chi connectivity index (χ3n) is 1.69. The second-order valence-corrected chi connectivity index (χ2v) is 5.14. The summed E-state index contributed by atoms with van der Waals surface area (Å²) in [5, 5.41) is 9.55. The molecule has 0 saturated heterocycles. The number of carbonyl (C=O) groups is 1. The summed E-state index contributed by atoms with van der Waals surface area (Å²) >= 11 is 5.03. The molecule has 0 saturated carbocycles. The summed E-state index contributed by atoms with van der Waals surface area (Å²) in [4.78, 5) is 11.4. The highest BCUT2D eigenvalue weighted by atomic mass is 32.1. The first kappa shape index (κ1) is 15.2. The Labute approximate surface area is 104 Å². The van der Waals surface area contributed by atoms with Crippen LogP contribution in [0, 0.1) is 0 Å². The van der Waals surface area contributed by atoms with Crippen LogP contribution < -0.4 is 16.0 Å². The predicted molar refractivity (Wildman–Crippen MR) is 71.4 cm³/mol. The predicted octanol–water partition coefficient (Wildman–Crippen LogP) is 1.17. The number of carbonyl (C=O) groups excluding carboxylic acids is 1. The molecule has 16 heavy (non-hydrogen) atoms. The SMILES string of the molecule is CCCNC(=S)NCCC(=O)NC(C)(C)C. The standard InChI is InChI=1S/C11H23N3OS/c1-5-7-12-10(16)13-8-6-9(15)14-11(2,3)4/h5-8H2,1-4H3,(H,14,15)(H2,12,13,16). The van der Waals surface area contributed by atoms with Gasteiger partial charge in [0.25, 0.3) is 0 Å². The minimum absolute atomic E-state index is 0.0401. The molecule has 1 amide bonds. The highest BCUT2D eigenvalue weighted by Crippen LogP contribution is 1.98. The zero-order valence-electron chi connectivity index (χ0n) is 10.6. The second-order valence-electron chi connectivity index (χ2n) is 4.73. The topological polar surface area (TPSA) is 53.2 Å². The largest absolute Gasteiger partial charge is 0.363 e. The van der Waals surface area contributed by atoms with Crippen molar-refractivity contribution in [3.63, 3.8) is 0 Å². The van der Waals surface area contributed by atoms with Crippen LogP contribution in [0.5, 0.6) is 0 Å². The number of hydrogen-bond donors (Lipinski definition) is 3. The molecule has 0 unspecified atom stereocenters. The average molecular weight is 245 g/mol. The molecule has 0 aliphatic carbocycles. The number of rotatable bonds is 5. The van der Waals surface area contributed by atoms with Crippen LogP contribution in [0.4, 0.5) is 0 Å². The molecule has 4 nitrogen and oxygen atoms in total. The van der Waals surface area contributed by atoms with Crippen molar-refractivity contribution in [1.82, 2.24) is 16.0 Å². The summed E-state index contributed by atoms with van der Waals surface area (Å²) in [5.41, 5.74) is -0.169. The van der Waals surface area contributed by atoms with Crippen LogP contribution in [0.25, 0.3) is 0 Å². The molecular formula is C11H23N3OS. The molecule has 0 aromatic heterocycles. The quantitative estimate of drug-likeness (QED) is 0.636. The van der Waals surface area contributed by atoms with Gasteiger partial charge in [-0.3, -0.25) is 4.79 Å². The van der Waals surface area contributed by atoms with Gasteiger partial charge in [0.15, 0.2) is 5.11 Å². The first-order chi connectivity index (χ1) is 7.35. The molecule has 0 bridgehead atoms. The van der Waals surface area contributed by atoms with E-state index in [1.165, 1.54) is 0 Å². The molecule has 0 heterocycles. The minimum Gasteiger partial charge on any atom is -0.363 e. The van der Waals surface area contributed by atoms with Crippen molar-refractivity contribution in [3.8, 4) is 0 Å².